The second-order valence-corrected chi connectivity index (χ2v) is 12.0. The molecule has 0 aliphatic carbocycles. The number of hydrogen-bond acceptors (Lipinski definition) is 5. The molecule has 0 spiro atoms. The fraction of sp³-hybridized carbons (Fsp3) is 0.194. The number of nitrogens with zero attached hydrogens (tertiary/aromatic N) is 3. The molecule has 41 heavy (non-hydrogen) atoms. The number of aromatic nitrogens is 1. The molecule has 0 aliphatic rings. The second-order valence-electron chi connectivity index (χ2n) is 9.56. The van der Waals surface area contributed by atoms with E-state index in [2.05, 4.69) is 10.3 Å². The Hall–Kier alpha value is -4.05. The number of sulfonamides is 1. The molecule has 1 unspecified atom stereocenters. The fourth-order valence-electron chi connectivity index (χ4n) is 4.33. The lowest BCUT2D eigenvalue weighted by atomic mass is 10.0. The molecule has 8 nitrogen and oxygen atoms in total. The lowest BCUT2D eigenvalue weighted by Crippen LogP contribution is -2.47. The number of carbonyl (C=O) groups excluding carboxylic acids is 2. The Morgan fingerprint density at radius 1 is 0.829 bits per heavy atom. The normalized spacial score (nSPS) is 12.1. The summed E-state index contributed by atoms with van der Waals surface area (Å²) in [5.41, 5.74) is 2.86. The van der Waals surface area contributed by atoms with Crippen molar-refractivity contribution < 1.29 is 18.0 Å². The van der Waals surface area contributed by atoms with Crippen LogP contribution in [0.1, 0.15) is 28.3 Å². The number of rotatable bonds is 12. The average Bonchev–Trinajstić information content (AvgIpc) is 2.97. The Kier molecular flexibility index (Phi) is 10.2. The summed E-state index contributed by atoms with van der Waals surface area (Å²) in [6, 6.07) is 27.5. The molecular weight excluding hydrogens is 560 g/mol. The van der Waals surface area contributed by atoms with E-state index in [1.165, 1.54) is 4.90 Å². The maximum Gasteiger partial charge on any atom is 0.247 e. The molecule has 1 N–H and O–H groups in total. The number of amides is 2. The van der Waals surface area contributed by atoms with Crippen molar-refractivity contribution in [1.82, 2.24) is 19.5 Å². The van der Waals surface area contributed by atoms with Gasteiger partial charge in [0.1, 0.15) is 6.04 Å². The highest BCUT2D eigenvalue weighted by molar-refractivity contribution is 7.88. The van der Waals surface area contributed by atoms with Crippen molar-refractivity contribution in [2.24, 2.45) is 0 Å². The molecule has 0 saturated heterocycles. The summed E-state index contributed by atoms with van der Waals surface area (Å²) in [6.07, 6.45) is 4.37. The van der Waals surface area contributed by atoms with E-state index >= 15 is 0 Å². The van der Waals surface area contributed by atoms with Gasteiger partial charge in [-0.3, -0.25) is 14.6 Å². The van der Waals surface area contributed by atoms with Crippen LogP contribution in [0, 0.1) is 0 Å². The Morgan fingerprint density at radius 3 is 2.05 bits per heavy atom. The minimum atomic E-state index is -3.77. The van der Waals surface area contributed by atoms with Crippen molar-refractivity contribution >= 4 is 33.4 Å². The molecule has 212 valence electrons. The highest BCUT2D eigenvalue weighted by atomic mass is 35.5. The molecule has 4 rings (SSSR count). The van der Waals surface area contributed by atoms with E-state index in [-0.39, 0.29) is 19.6 Å². The van der Waals surface area contributed by atoms with Crippen LogP contribution >= 0.6 is 11.6 Å². The molecule has 1 heterocycles. The van der Waals surface area contributed by atoms with Crippen molar-refractivity contribution in [2.75, 3.05) is 12.8 Å². The first kappa shape index (κ1) is 29.9. The molecule has 0 radical (unpaired) electrons. The Labute approximate surface area is 245 Å². The van der Waals surface area contributed by atoms with Crippen LogP contribution in [0.2, 0.25) is 5.02 Å². The van der Waals surface area contributed by atoms with Gasteiger partial charge >= 0.3 is 0 Å². The van der Waals surface area contributed by atoms with Gasteiger partial charge in [0.25, 0.3) is 0 Å². The third-order valence-corrected chi connectivity index (χ3v) is 7.88. The first-order chi connectivity index (χ1) is 19.7. The van der Waals surface area contributed by atoms with Crippen LogP contribution in [-0.4, -0.2) is 47.2 Å². The van der Waals surface area contributed by atoms with Crippen LogP contribution in [0.4, 0.5) is 0 Å². The lowest BCUT2D eigenvalue weighted by molar-refractivity contribution is -0.141. The Balaban J connectivity index is 1.69. The first-order valence-corrected chi connectivity index (χ1v) is 15.2. The minimum absolute atomic E-state index is 0.0173. The van der Waals surface area contributed by atoms with Crippen LogP contribution in [0.5, 0.6) is 0 Å². The van der Waals surface area contributed by atoms with Crippen LogP contribution in [0.3, 0.4) is 0 Å². The standard InChI is InChI=1S/C31H31ClN4O4S/c1-41(39,40)35(21-24-9-4-2-5-10-24)23-29(37)36(22-25-14-16-28(32)17-15-25)30(27-12-6-3-7-13-27)31(38)34-20-26-11-8-18-33-19-26/h2-19,30H,20-23H2,1H3,(H,34,38). The molecule has 10 heteroatoms. The van der Waals surface area contributed by atoms with E-state index in [1.54, 1.807) is 79.1 Å². The average molecular weight is 591 g/mol. The maximum absolute atomic E-state index is 14.1. The highest BCUT2D eigenvalue weighted by Gasteiger charge is 2.33. The van der Waals surface area contributed by atoms with Crippen LogP contribution in [0.25, 0.3) is 0 Å². The Bertz CT molecular complexity index is 1540. The summed E-state index contributed by atoms with van der Waals surface area (Å²) >= 11 is 6.09. The van der Waals surface area contributed by atoms with E-state index in [9.17, 15) is 18.0 Å². The fourth-order valence-corrected chi connectivity index (χ4v) is 5.18. The van der Waals surface area contributed by atoms with Gasteiger partial charge in [0, 0.05) is 37.1 Å². The molecule has 0 aliphatic heterocycles. The summed E-state index contributed by atoms with van der Waals surface area (Å²) in [5.74, 6) is -0.928. The first-order valence-electron chi connectivity index (χ1n) is 13.0. The number of nitrogens with one attached hydrogen (secondary N) is 1. The number of carbonyl (C=O) groups is 2. The van der Waals surface area contributed by atoms with Gasteiger partial charge in [-0.2, -0.15) is 4.31 Å². The minimum Gasteiger partial charge on any atom is -0.350 e. The van der Waals surface area contributed by atoms with Gasteiger partial charge in [0.05, 0.1) is 12.8 Å². The van der Waals surface area contributed by atoms with Crippen molar-refractivity contribution in [3.8, 4) is 0 Å². The van der Waals surface area contributed by atoms with E-state index < -0.39 is 34.4 Å². The zero-order valence-corrected chi connectivity index (χ0v) is 24.1. The zero-order valence-electron chi connectivity index (χ0n) is 22.6. The van der Waals surface area contributed by atoms with Crippen molar-refractivity contribution in [3.05, 3.63) is 137 Å². The smallest absolute Gasteiger partial charge is 0.247 e. The van der Waals surface area contributed by atoms with E-state index in [0.29, 0.717) is 10.6 Å². The SMILES string of the molecule is CS(=O)(=O)N(CC(=O)N(Cc1ccc(Cl)cc1)C(C(=O)NCc1cccnc1)c1ccccc1)Cc1ccccc1. The van der Waals surface area contributed by atoms with Gasteiger partial charge in [0.2, 0.25) is 21.8 Å². The van der Waals surface area contributed by atoms with E-state index in [1.807, 2.05) is 30.3 Å². The van der Waals surface area contributed by atoms with Gasteiger partial charge in [-0.25, -0.2) is 8.42 Å². The summed E-state index contributed by atoms with van der Waals surface area (Å²) < 4.78 is 26.7. The Morgan fingerprint density at radius 2 is 1.44 bits per heavy atom. The van der Waals surface area contributed by atoms with Gasteiger partial charge in [-0.15, -0.1) is 0 Å². The number of hydrogen-bond donors (Lipinski definition) is 1. The molecule has 1 atom stereocenters. The van der Waals surface area contributed by atoms with Crippen LogP contribution in [0.15, 0.2) is 109 Å². The molecule has 0 bridgehead atoms. The van der Waals surface area contributed by atoms with Gasteiger partial charge in [-0.1, -0.05) is 90.5 Å². The predicted octanol–water partition coefficient (Wildman–Crippen LogP) is 4.58. The van der Waals surface area contributed by atoms with Gasteiger partial charge in [-0.05, 0) is 40.5 Å². The highest BCUT2D eigenvalue weighted by Crippen LogP contribution is 2.25. The maximum atomic E-state index is 14.1. The molecular formula is C31H31ClN4O4S. The van der Waals surface area contributed by atoms with Gasteiger partial charge in [0.15, 0.2) is 0 Å². The predicted molar refractivity (Wildman–Crippen MR) is 159 cm³/mol. The largest absolute Gasteiger partial charge is 0.350 e. The van der Waals surface area contributed by atoms with E-state index in [4.69, 9.17) is 11.6 Å². The molecule has 0 saturated carbocycles. The zero-order chi connectivity index (χ0) is 29.2. The monoisotopic (exact) mass is 590 g/mol. The van der Waals surface area contributed by atoms with Gasteiger partial charge < -0.3 is 10.2 Å². The van der Waals surface area contributed by atoms with Crippen LogP contribution in [-0.2, 0) is 39.2 Å². The molecule has 3 aromatic carbocycles. The third-order valence-electron chi connectivity index (χ3n) is 6.43. The summed E-state index contributed by atoms with van der Waals surface area (Å²) in [6.45, 7) is -0.161. The lowest BCUT2D eigenvalue weighted by Gasteiger charge is -2.33. The van der Waals surface area contributed by atoms with Crippen LogP contribution < -0.4 is 5.32 Å². The molecule has 1 aromatic heterocycles. The number of pyridine rings is 1. The number of benzene rings is 3. The summed E-state index contributed by atoms with van der Waals surface area (Å²) in [5, 5.41) is 3.46. The molecule has 2 amide bonds. The summed E-state index contributed by atoms with van der Waals surface area (Å²) in [7, 11) is -3.77. The number of halogens is 1. The van der Waals surface area contributed by atoms with Crippen molar-refractivity contribution in [2.45, 2.75) is 25.7 Å². The second kappa shape index (κ2) is 14.0. The van der Waals surface area contributed by atoms with E-state index in [0.717, 1.165) is 27.3 Å². The van der Waals surface area contributed by atoms with Crippen molar-refractivity contribution in [3.63, 3.8) is 0 Å². The van der Waals surface area contributed by atoms with Crippen molar-refractivity contribution in [1.29, 1.82) is 0 Å². The quantitative estimate of drug-likeness (QED) is 0.260. The molecule has 4 aromatic rings. The molecule has 0 fully saturated rings. The topological polar surface area (TPSA) is 99.7 Å². The summed E-state index contributed by atoms with van der Waals surface area (Å²) in [4.78, 5) is 33.4. The third kappa shape index (κ3) is 8.72.